The third-order valence-corrected chi connectivity index (χ3v) is 6.30. The van der Waals surface area contributed by atoms with Gasteiger partial charge in [-0.3, -0.25) is 0 Å². The highest BCUT2D eigenvalue weighted by Crippen LogP contribution is 2.20. The van der Waals surface area contributed by atoms with Crippen LogP contribution in [0.15, 0.2) is 40.9 Å². The molecular formula is C14H14ClN3O2S2. The molecule has 116 valence electrons. The Labute approximate surface area is 137 Å². The number of fused-ring (bicyclic) bond motifs is 1. The van der Waals surface area contributed by atoms with E-state index in [0.29, 0.717) is 22.2 Å². The van der Waals surface area contributed by atoms with E-state index < -0.39 is 10.0 Å². The van der Waals surface area contributed by atoms with E-state index in [4.69, 9.17) is 11.6 Å². The van der Waals surface area contributed by atoms with Crippen molar-refractivity contribution in [3.63, 3.8) is 0 Å². The molecule has 3 heterocycles. The van der Waals surface area contributed by atoms with Crippen molar-refractivity contribution in [1.82, 2.24) is 14.1 Å². The molecular weight excluding hydrogens is 342 g/mol. The van der Waals surface area contributed by atoms with E-state index in [1.54, 1.807) is 24.4 Å². The minimum absolute atomic E-state index is 0.302. The Morgan fingerprint density at radius 3 is 2.82 bits per heavy atom. The van der Waals surface area contributed by atoms with Crippen molar-refractivity contribution in [3.05, 3.63) is 52.3 Å². The molecule has 0 bridgehead atoms. The van der Waals surface area contributed by atoms with Crippen LogP contribution < -0.4 is 4.72 Å². The lowest BCUT2D eigenvalue weighted by molar-refractivity contribution is 0.583. The summed E-state index contributed by atoms with van der Waals surface area (Å²) >= 11 is 7.18. The van der Waals surface area contributed by atoms with Crippen molar-refractivity contribution >= 4 is 38.6 Å². The maximum Gasteiger partial charge on any atom is 0.250 e. The first-order valence-corrected chi connectivity index (χ1v) is 9.31. The summed E-state index contributed by atoms with van der Waals surface area (Å²) in [7, 11) is -3.43. The van der Waals surface area contributed by atoms with Crippen molar-refractivity contribution < 1.29 is 8.42 Å². The summed E-state index contributed by atoms with van der Waals surface area (Å²) in [6.07, 6.45) is 4.14. The van der Waals surface area contributed by atoms with E-state index in [1.165, 1.54) is 11.3 Å². The highest BCUT2D eigenvalue weighted by Gasteiger charge is 2.15. The molecule has 0 saturated carbocycles. The Balaban J connectivity index is 1.67. The number of imidazole rings is 1. The summed E-state index contributed by atoms with van der Waals surface area (Å²) in [5, 5.41) is 0.630. The van der Waals surface area contributed by atoms with Crippen LogP contribution in [0, 0.1) is 6.92 Å². The highest BCUT2D eigenvalue weighted by molar-refractivity contribution is 7.91. The van der Waals surface area contributed by atoms with Crippen LogP contribution in [0.2, 0.25) is 5.02 Å². The largest absolute Gasteiger partial charge is 0.305 e. The van der Waals surface area contributed by atoms with Gasteiger partial charge in [-0.1, -0.05) is 11.6 Å². The lowest BCUT2D eigenvalue weighted by Gasteiger charge is -2.02. The number of rotatable bonds is 5. The first-order valence-electron chi connectivity index (χ1n) is 6.63. The molecule has 0 aliphatic rings. The smallest absolute Gasteiger partial charge is 0.250 e. The molecule has 0 atom stereocenters. The van der Waals surface area contributed by atoms with Crippen molar-refractivity contribution in [2.24, 2.45) is 0 Å². The molecule has 8 heteroatoms. The number of nitrogens with one attached hydrogen (secondary N) is 1. The fourth-order valence-electron chi connectivity index (χ4n) is 2.08. The van der Waals surface area contributed by atoms with Gasteiger partial charge in [0.25, 0.3) is 0 Å². The fraction of sp³-hybridized carbons (Fsp3) is 0.214. The molecule has 0 aromatic carbocycles. The minimum atomic E-state index is -3.43. The van der Waals surface area contributed by atoms with Gasteiger partial charge in [-0.25, -0.2) is 18.1 Å². The third kappa shape index (κ3) is 3.33. The molecule has 0 fully saturated rings. The van der Waals surface area contributed by atoms with Crippen molar-refractivity contribution in [1.29, 1.82) is 0 Å². The van der Waals surface area contributed by atoms with E-state index in [1.807, 2.05) is 23.6 Å². The van der Waals surface area contributed by atoms with Crippen molar-refractivity contribution in [2.75, 3.05) is 6.54 Å². The highest BCUT2D eigenvalue weighted by atomic mass is 35.5. The number of halogens is 1. The molecule has 3 aromatic heterocycles. The lowest BCUT2D eigenvalue weighted by atomic mass is 10.3. The average molecular weight is 356 g/mol. The first-order chi connectivity index (χ1) is 10.4. The molecule has 0 unspecified atom stereocenters. The second kappa shape index (κ2) is 6.00. The fourth-order valence-corrected chi connectivity index (χ4v) is 4.61. The third-order valence-electron chi connectivity index (χ3n) is 3.12. The predicted octanol–water partition coefficient (Wildman–Crippen LogP) is 2.88. The van der Waals surface area contributed by atoms with Gasteiger partial charge in [0.2, 0.25) is 10.0 Å². The minimum Gasteiger partial charge on any atom is -0.305 e. The first kappa shape index (κ1) is 15.5. The zero-order valence-corrected chi connectivity index (χ0v) is 14.2. The molecule has 0 radical (unpaired) electrons. The molecule has 5 nitrogen and oxygen atoms in total. The molecule has 3 rings (SSSR count). The number of hydrogen-bond acceptors (Lipinski definition) is 4. The van der Waals surface area contributed by atoms with Crippen LogP contribution in [0.1, 0.15) is 10.6 Å². The second-order valence-corrected chi connectivity index (χ2v) is 8.58. The summed E-state index contributed by atoms with van der Waals surface area (Å²) in [4.78, 5) is 5.39. The van der Waals surface area contributed by atoms with Gasteiger partial charge in [-0.05, 0) is 31.2 Å². The topological polar surface area (TPSA) is 63.5 Å². The summed E-state index contributed by atoms with van der Waals surface area (Å²) < 4.78 is 29.0. The van der Waals surface area contributed by atoms with Gasteiger partial charge in [0.15, 0.2) is 0 Å². The Kier molecular flexibility index (Phi) is 4.22. The zero-order valence-electron chi connectivity index (χ0n) is 11.8. The average Bonchev–Trinajstić information content (AvgIpc) is 3.04. The molecule has 0 spiro atoms. The van der Waals surface area contributed by atoms with Gasteiger partial charge in [0.1, 0.15) is 9.86 Å². The van der Waals surface area contributed by atoms with E-state index in [9.17, 15) is 8.42 Å². The van der Waals surface area contributed by atoms with Crippen LogP contribution in [0.25, 0.3) is 5.65 Å². The SMILES string of the molecule is Cc1ccc(S(=O)(=O)NCCc2cn3cc(Cl)ccc3n2)s1. The van der Waals surface area contributed by atoms with Crippen LogP contribution in [0.3, 0.4) is 0 Å². The number of nitrogens with zero attached hydrogens (tertiary/aromatic N) is 2. The molecule has 22 heavy (non-hydrogen) atoms. The van der Waals surface area contributed by atoms with Crippen molar-refractivity contribution in [3.8, 4) is 0 Å². The Hall–Kier alpha value is -1.41. The predicted molar refractivity (Wildman–Crippen MR) is 88.2 cm³/mol. The van der Waals surface area contributed by atoms with Crippen molar-refractivity contribution in [2.45, 2.75) is 17.6 Å². The molecule has 0 aliphatic heterocycles. The van der Waals surface area contributed by atoms with E-state index >= 15 is 0 Å². The summed E-state index contributed by atoms with van der Waals surface area (Å²) in [6.45, 7) is 2.18. The number of thiophene rings is 1. The number of aryl methyl sites for hydroxylation is 1. The summed E-state index contributed by atoms with van der Waals surface area (Å²) in [5.41, 5.74) is 1.60. The monoisotopic (exact) mass is 355 g/mol. The van der Waals surface area contributed by atoms with Gasteiger partial charge in [0.05, 0.1) is 10.7 Å². The van der Waals surface area contributed by atoms with E-state index in [0.717, 1.165) is 16.2 Å². The Bertz CT molecular complexity index is 915. The van der Waals surface area contributed by atoms with Gasteiger partial charge < -0.3 is 4.40 Å². The van der Waals surface area contributed by atoms with Crippen LogP contribution in [-0.2, 0) is 16.4 Å². The zero-order chi connectivity index (χ0) is 15.7. The van der Waals surface area contributed by atoms with Gasteiger partial charge in [0, 0.05) is 30.2 Å². The maximum atomic E-state index is 12.1. The number of hydrogen-bond donors (Lipinski definition) is 1. The molecule has 0 amide bonds. The maximum absolute atomic E-state index is 12.1. The number of pyridine rings is 1. The molecule has 3 aromatic rings. The van der Waals surface area contributed by atoms with E-state index in [2.05, 4.69) is 9.71 Å². The van der Waals surface area contributed by atoms with E-state index in [-0.39, 0.29) is 0 Å². The summed E-state index contributed by atoms with van der Waals surface area (Å²) in [5.74, 6) is 0. The van der Waals surface area contributed by atoms with Crippen LogP contribution >= 0.6 is 22.9 Å². The molecule has 1 N–H and O–H groups in total. The summed E-state index contributed by atoms with van der Waals surface area (Å²) in [6, 6.07) is 7.01. The van der Waals surface area contributed by atoms with Gasteiger partial charge in [-0.15, -0.1) is 11.3 Å². The van der Waals surface area contributed by atoms with Gasteiger partial charge >= 0.3 is 0 Å². The van der Waals surface area contributed by atoms with Gasteiger partial charge in [-0.2, -0.15) is 0 Å². The quantitative estimate of drug-likeness (QED) is 0.765. The lowest BCUT2D eigenvalue weighted by Crippen LogP contribution is -2.25. The van der Waals surface area contributed by atoms with Crippen LogP contribution in [0.5, 0.6) is 0 Å². The van der Waals surface area contributed by atoms with Crippen LogP contribution in [-0.4, -0.2) is 24.3 Å². The Morgan fingerprint density at radius 1 is 1.27 bits per heavy atom. The molecule has 0 aliphatic carbocycles. The number of aromatic nitrogens is 2. The van der Waals surface area contributed by atoms with Crippen LogP contribution in [0.4, 0.5) is 0 Å². The number of sulfonamides is 1. The standard InChI is InChI=1S/C14H14ClN3O2S2/c1-10-2-5-14(21-10)22(19,20)16-7-6-12-9-18-8-11(15)3-4-13(18)17-12/h2-5,8-9,16H,6-7H2,1H3. The molecule has 0 saturated heterocycles. The normalized spacial score (nSPS) is 12.1. The second-order valence-electron chi connectivity index (χ2n) is 4.86. The Morgan fingerprint density at radius 2 is 2.09 bits per heavy atom.